The van der Waals surface area contributed by atoms with Crippen LogP contribution in [0.25, 0.3) is 0 Å². The molecule has 0 spiro atoms. The molecule has 4 rings (SSSR count). The van der Waals surface area contributed by atoms with E-state index in [0.29, 0.717) is 40.2 Å². The van der Waals surface area contributed by atoms with Gasteiger partial charge in [-0.1, -0.05) is 47.7 Å². The van der Waals surface area contributed by atoms with Gasteiger partial charge in [0, 0.05) is 11.1 Å². The summed E-state index contributed by atoms with van der Waals surface area (Å²) >= 11 is 1.13. The lowest BCUT2D eigenvalue weighted by Gasteiger charge is -2.11. The first kappa shape index (κ1) is 26.5. The molecule has 194 valence electrons. The van der Waals surface area contributed by atoms with Gasteiger partial charge in [-0.25, -0.2) is 5.43 Å². The van der Waals surface area contributed by atoms with Crippen molar-refractivity contribution in [1.82, 2.24) is 15.6 Å². The Labute approximate surface area is 224 Å². The van der Waals surface area contributed by atoms with E-state index in [0.717, 1.165) is 17.1 Å². The zero-order valence-corrected chi connectivity index (χ0v) is 21.8. The number of para-hydroxylation sites is 1. The SMILES string of the molecule is Cc1ccc(OCCOc2ccccc2/C=N/NC(=O)Cc2nnc(NC(=O)c3ccccc3)s2)cc1C. The van der Waals surface area contributed by atoms with Crippen LogP contribution in [0.4, 0.5) is 5.13 Å². The quantitative estimate of drug-likeness (QED) is 0.167. The number of carbonyl (C=O) groups excluding carboxylic acids is 2. The van der Waals surface area contributed by atoms with Gasteiger partial charge in [0.1, 0.15) is 29.7 Å². The number of ether oxygens (including phenoxy) is 2. The third-order valence-electron chi connectivity index (χ3n) is 5.43. The summed E-state index contributed by atoms with van der Waals surface area (Å²) in [5, 5.41) is 15.4. The summed E-state index contributed by atoms with van der Waals surface area (Å²) in [7, 11) is 0. The minimum absolute atomic E-state index is 0.0236. The number of benzene rings is 3. The molecule has 1 aromatic heterocycles. The lowest BCUT2D eigenvalue weighted by molar-refractivity contribution is -0.120. The van der Waals surface area contributed by atoms with E-state index in [1.165, 1.54) is 17.3 Å². The second-order valence-corrected chi connectivity index (χ2v) is 9.33. The molecule has 0 fully saturated rings. The third-order valence-corrected chi connectivity index (χ3v) is 6.27. The van der Waals surface area contributed by atoms with Gasteiger partial charge in [-0.05, 0) is 61.4 Å². The molecule has 1 heterocycles. The Kier molecular flexibility index (Phi) is 9.14. The Hall–Kier alpha value is -4.57. The number of nitrogens with zero attached hydrogens (tertiary/aromatic N) is 3. The average molecular weight is 530 g/mol. The number of aromatic nitrogens is 2. The molecule has 10 heteroatoms. The molecule has 0 atom stereocenters. The summed E-state index contributed by atoms with van der Waals surface area (Å²) in [5.41, 5.74) is 6.09. The van der Waals surface area contributed by atoms with E-state index in [9.17, 15) is 9.59 Å². The smallest absolute Gasteiger partial charge is 0.257 e. The maximum absolute atomic E-state index is 12.3. The van der Waals surface area contributed by atoms with Crippen LogP contribution in [0.1, 0.15) is 32.1 Å². The van der Waals surface area contributed by atoms with Crippen molar-refractivity contribution < 1.29 is 19.1 Å². The van der Waals surface area contributed by atoms with Crippen molar-refractivity contribution in [1.29, 1.82) is 0 Å². The molecule has 0 aliphatic heterocycles. The van der Waals surface area contributed by atoms with Gasteiger partial charge < -0.3 is 9.47 Å². The van der Waals surface area contributed by atoms with Crippen molar-refractivity contribution in [3.63, 3.8) is 0 Å². The normalized spacial score (nSPS) is 10.8. The van der Waals surface area contributed by atoms with E-state index in [1.807, 2.05) is 55.5 Å². The van der Waals surface area contributed by atoms with Gasteiger partial charge in [-0.2, -0.15) is 5.10 Å². The van der Waals surface area contributed by atoms with Gasteiger partial charge >= 0.3 is 0 Å². The summed E-state index contributed by atoms with van der Waals surface area (Å²) in [5.74, 6) is 0.770. The fourth-order valence-electron chi connectivity index (χ4n) is 3.32. The summed E-state index contributed by atoms with van der Waals surface area (Å²) in [6, 6.07) is 22.1. The van der Waals surface area contributed by atoms with Crippen molar-refractivity contribution in [3.05, 3.63) is 100 Å². The summed E-state index contributed by atoms with van der Waals surface area (Å²) in [6.45, 7) is 4.85. The molecule has 0 aliphatic carbocycles. The Balaban J connectivity index is 1.23. The zero-order valence-electron chi connectivity index (χ0n) is 21.0. The fourth-order valence-corrected chi connectivity index (χ4v) is 4.05. The van der Waals surface area contributed by atoms with Crippen molar-refractivity contribution in [3.8, 4) is 11.5 Å². The molecule has 9 nitrogen and oxygen atoms in total. The zero-order chi connectivity index (χ0) is 26.7. The minimum atomic E-state index is -0.362. The first-order valence-corrected chi connectivity index (χ1v) is 12.7. The summed E-state index contributed by atoms with van der Waals surface area (Å²) < 4.78 is 11.6. The number of aryl methyl sites for hydroxylation is 2. The highest BCUT2D eigenvalue weighted by Crippen LogP contribution is 2.19. The van der Waals surface area contributed by atoms with Crippen LogP contribution in [0.15, 0.2) is 77.9 Å². The fraction of sp³-hybridized carbons (Fsp3) is 0.179. The van der Waals surface area contributed by atoms with Crippen LogP contribution in [-0.4, -0.2) is 41.4 Å². The molecule has 4 aromatic rings. The molecule has 2 amide bonds. The molecule has 0 saturated heterocycles. The Morgan fingerprint density at radius 2 is 1.68 bits per heavy atom. The van der Waals surface area contributed by atoms with E-state index in [4.69, 9.17) is 9.47 Å². The molecule has 2 N–H and O–H groups in total. The minimum Gasteiger partial charge on any atom is -0.490 e. The van der Waals surface area contributed by atoms with E-state index < -0.39 is 0 Å². The molecule has 0 aliphatic rings. The number of nitrogens with one attached hydrogen (secondary N) is 2. The van der Waals surface area contributed by atoms with Gasteiger partial charge in [0.25, 0.3) is 5.91 Å². The average Bonchev–Trinajstić information content (AvgIpc) is 3.36. The van der Waals surface area contributed by atoms with E-state index >= 15 is 0 Å². The van der Waals surface area contributed by atoms with Crippen LogP contribution in [0.3, 0.4) is 0 Å². The first-order chi connectivity index (χ1) is 18.5. The highest BCUT2D eigenvalue weighted by molar-refractivity contribution is 7.15. The number of hydrogen-bond donors (Lipinski definition) is 2. The number of rotatable bonds is 11. The van der Waals surface area contributed by atoms with Crippen LogP contribution in [0.2, 0.25) is 0 Å². The molecule has 0 unspecified atom stereocenters. The molecule has 0 saturated carbocycles. The van der Waals surface area contributed by atoms with Crippen LogP contribution >= 0.6 is 11.3 Å². The standard InChI is InChI=1S/C28H27N5O4S/c1-19-12-13-23(16-20(19)2)36-14-15-37-24-11-7-6-10-22(24)18-29-31-25(34)17-26-32-33-28(38-26)30-27(35)21-8-4-3-5-9-21/h3-13,16,18H,14-15,17H2,1-2H3,(H,31,34)(H,30,33,35)/b29-18+. The Morgan fingerprint density at radius 3 is 2.50 bits per heavy atom. The van der Waals surface area contributed by atoms with Gasteiger partial charge in [-0.15, -0.1) is 10.2 Å². The van der Waals surface area contributed by atoms with Gasteiger partial charge in [0.2, 0.25) is 11.0 Å². The van der Waals surface area contributed by atoms with Crippen molar-refractivity contribution in [2.75, 3.05) is 18.5 Å². The van der Waals surface area contributed by atoms with Crippen LogP contribution < -0.4 is 20.2 Å². The van der Waals surface area contributed by atoms with Gasteiger partial charge in [0.05, 0.1) is 12.6 Å². The lowest BCUT2D eigenvalue weighted by Crippen LogP contribution is -2.19. The molecule has 3 aromatic carbocycles. The Bertz CT molecular complexity index is 1420. The van der Waals surface area contributed by atoms with Crippen LogP contribution in [-0.2, 0) is 11.2 Å². The van der Waals surface area contributed by atoms with E-state index in [2.05, 4.69) is 33.0 Å². The number of hydrogen-bond acceptors (Lipinski definition) is 8. The van der Waals surface area contributed by atoms with Gasteiger partial charge in [0.15, 0.2) is 0 Å². The maximum atomic E-state index is 12.3. The third kappa shape index (κ3) is 7.71. The molecular formula is C28H27N5O4S. The van der Waals surface area contributed by atoms with Gasteiger partial charge in [-0.3, -0.25) is 14.9 Å². The second-order valence-electron chi connectivity index (χ2n) is 8.27. The second kappa shape index (κ2) is 13.1. The highest BCUT2D eigenvalue weighted by atomic mass is 32.1. The predicted molar refractivity (Wildman–Crippen MR) is 147 cm³/mol. The highest BCUT2D eigenvalue weighted by Gasteiger charge is 2.12. The monoisotopic (exact) mass is 529 g/mol. The molecule has 0 bridgehead atoms. The largest absolute Gasteiger partial charge is 0.490 e. The number of amides is 2. The van der Waals surface area contributed by atoms with Crippen molar-refractivity contribution >= 4 is 34.5 Å². The van der Waals surface area contributed by atoms with Crippen molar-refractivity contribution in [2.45, 2.75) is 20.3 Å². The molecule has 38 heavy (non-hydrogen) atoms. The van der Waals surface area contributed by atoms with E-state index in [-0.39, 0.29) is 18.2 Å². The van der Waals surface area contributed by atoms with Crippen LogP contribution in [0.5, 0.6) is 11.5 Å². The lowest BCUT2D eigenvalue weighted by atomic mass is 10.1. The molecular weight excluding hydrogens is 502 g/mol. The number of hydrazone groups is 1. The van der Waals surface area contributed by atoms with Crippen molar-refractivity contribution in [2.24, 2.45) is 5.10 Å². The van der Waals surface area contributed by atoms with Crippen LogP contribution in [0, 0.1) is 13.8 Å². The predicted octanol–water partition coefficient (Wildman–Crippen LogP) is 4.56. The van der Waals surface area contributed by atoms with E-state index in [1.54, 1.807) is 24.3 Å². The summed E-state index contributed by atoms with van der Waals surface area (Å²) in [6.07, 6.45) is 1.49. The Morgan fingerprint density at radius 1 is 0.921 bits per heavy atom. The maximum Gasteiger partial charge on any atom is 0.257 e. The number of carbonyl (C=O) groups is 2. The molecule has 0 radical (unpaired) electrons. The summed E-state index contributed by atoms with van der Waals surface area (Å²) in [4.78, 5) is 24.5. The first-order valence-electron chi connectivity index (χ1n) is 11.9. The topological polar surface area (TPSA) is 115 Å². The number of anilines is 1.